The molecule has 0 aromatic heterocycles. The fourth-order valence-corrected chi connectivity index (χ4v) is 2.02. The van der Waals surface area contributed by atoms with Crippen LogP contribution in [0.5, 0.6) is 5.75 Å². The van der Waals surface area contributed by atoms with Gasteiger partial charge in [0.15, 0.2) is 0 Å². The molecule has 2 unspecified atom stereocenters. The Balaban J connectivity index is 2.48. The lowest BCUT2D eigenvalue weighted by atomic mass is 9.97. The maximum Gasteiger partial charge on any atom is 0.311 e. The second-order valence-electron chi connectivity index (χ2n) is 7.00. The number of aliphatic hydroxyl groups is 2. The van der Waals surface area contributed by atoms with Crippen molar-refractivity contribution in [2.75, 3.05) is 20.3 Å². The first-order valence-electron chi connectivity index (χ1n) is 8.63. The van der Waals surface area contributed by atoms with E-state index in [0.29, 0.717) is 13.0 Å². The number of aliphatic hydroxyl groups excluding tert-OH is 2. The second kappa shape index (κ2) is 11.0. The van der Waals surface area contributed by atoms with Crippen molar-refractivity contribution in [1.29, 1.82) is 0 Å². The molecule has 0 heterocycles. The maximum atomic E-state index is 11.7. The van der Waals surface area contributed by atoms with E-state index in [4.69, 9.17) is 14.2 Å². The molecule has 0 radical (unpaired) electrons. The lowest BCUT2D eigenvalue weighted by molar-refractivity contribution is -0.151. The van der Waals surface area contributed by atoms with Gasteiger partial charge in [-0.3, -0.25) is 4.79 Å². The van der Waals surface area contributed by atoms with Gasteiger partial charge in [-0.15, -0.1) is 0 Å². The van der Waals surface area contributed by atoms with Crippen LogP contribution in [-0.2, 0) is 20.9 Å². The average Bonchev–Trinajstić information content (AvgIpc) is 2.62. The molecular formula is C20H30O6. The van der Waals surface area contributed by atoms with E-state index in [1.165, 1.54) is 0 Å². The Morgan fingerprint density at radius 2 is 1.85 bits per heavy atom. The molecule has 1 aromatic carbocycles. The first kappa shape index (κ1) is 22.2. The highest BCUT2D eigenvalue weighted by molar-refractivity contribution is 5.75. The van der Waals surface area contributed by atoms with Crippen LogP contribution in [0.1, 0.15) is 32.8 Å². The molecule has 0 saturated carbocycles. The summed E-state index contributed by atoms with van der Waals surface area (Å²) in [6, 6.07) is 7.42. The predicted octanol–water partition coefficient (Wildman–Crippen LogP) is 2.47. The quantitative estimate of drug-likeness (QED) is 0.489. The lowest BCUT2D eigenvalue weighted by Crippen LogP contribution is -2.31. The van der Waals surface area contributed by atoms with Crippen LogP contribution >= 0.6 is 0 Å². The van der Waals surface area contributed by atoms with Gasteiger partial charge < -0.3 is 24.4 Å². The Morgan fingerprint density at radius 3 is 2.38 bits per heavy atom. The summed E-state index contributed by atoms with van der Waals surface area (Å²) in [5.74, 6) is 0.485. The molecule has 26 heavy (non-hydrogen) atoms. The zero-order valence-corrected chi connectivity index (χ0v) is 16.0. The molecule has 1 rings (SSSR count). The highest BCUT2D eigenvalue weighted by atomic mass is 16.5. The Kier molecular flexibility index (Phi) is 9.34. The predicted molar refractivity (Wildman–Crippen MR) is 98.8 cm³/mol. The summed E-state index contributed by atoms with van der Waals surface area (Å²) < 4.78 is 16.0. The lowest BCUT2D eigenvalue weighted by Gasteiger charge is -2.21. The summed E-state index contributed by atoms with van der Waals surface area (Å²) in [6.45, 7) is 5.45. The molecule has 2 atom stereocenters. The summed E-state index contributed by atoms with van der Waals surface area (Å²) in [6.07, 6.45) is 2.32. The fraction of sp³-hybridized carbons (Fsp3) is 0.550. The Morgan fingerprint density at radius 1 is 1.19 bits per heavy atom. The zero-order valence-electron chi connectivity index (χ0n) is 16.0. The van der Waals surface area contributed by atoms with Crippen LogP contribution in [0.4, 0.5) is 0 Å². The van der Waals surface area contributed by atoms with Gasteiger partial charge in [0.05, 0.1) is 31.8 Å². The van der Waals surface area contributed by atoms with Gasteiger partial charge in [-0.1, -0.05) is 24.3 Å². The topological polar surface area (TPSA) is 85.2 Å². The molecule has 0 aliphatic heterocycles. The monoisotopic (exact) mass is 366 g/mol. The Labute approximate surface area is 155 Å². The van der Waals surface area contributed by atoms with Gasteiger partial charge in [0.1, 0.15) is 18.5 Å². The smallest absolute Gasteiger partial charge is 0.311 e. The minimum Gasteiger partial charge on any atom is -0.497 e. The number of carbonyl (C=O) groups excluding carboxylic acids is 1. The minimum atomic E-state index is -0.991. The van der Waals surface area contributed by atoms with Crippen LogP contribution in [0.2, 0.25) is 0 Å². The fourth-order valence-electron chi connectivity index (χ4n) is 2.02. The van der Waals surface area contributed by atoms with E-state index < -0.39 is 17.6 Å². The van der Waals surface area contributed by atoms with Gasteiger partial charge in [-0.05, 0) is 44.9 Å². The number of benzene rings is 1. The summed E-state index contributed by atoms with van der Waals surface area (Å²) in [7, 11) is 1.60. The molecular weight excluding hydrogens is 336 g/mol. The Hall–Kier alpha value is -1.89. The van der Waals surface area contributed by atoms with Crippen LogP contribution in [0.3, 0.4) is 0 Å². The largest absolute Gasteiger partial charge is 0.497 e. The van der Waals surface area contributed by atoms with Crippen molar-refractivity contribution in [1.82, 2.24) is 0 Å². The Bertz CT molecular complexity index is 559. The van der Waals surface area contributed by atoms with Crippen LogP contribution in [0, 0.1) is 5.41 Å². The molecule has 0 saturated heterocycles. The van der Waals surface area contributed by atoms with E-state index in [-0.39, 0.29) is 19.2 Å². The number of ether oxygens (including phenoxy) is 3. The SMILES string of the molecule is COc1ccc(COC(CC=CCOC(=O)C(C)(C)C)C(O)CO)cc1. The van der Waals surface area contributed by atoms with E-state index in [1.54, 1.807) is 40.0 Å². The summed E-state index contributed by atoms with van der Waals surface area (Å²) in [5.41, 5.74) is 0.398. The molecule has 1 aromatic rings. The summed E-state index contributed by atoms with van der Waals surface area (Å²) in [4.78, 5) is 11.7. The highest BCUT2D eigenvalue weighted by Crippen LogP contribution is 2.16. The van der Waals surface area contributed by atoms with Crippen LogP contribution < -0.4 is 4.74 Å². The van der Waals surface area contributed by atoms with Crippen LogP contribution in [0.25, 0.3) is 0 Å². The van der Waals surface area contributed by atoms with Gasteiger partial charge in [-0.25, -0.2) is 0 Å². The van der Waals surface area contributed by atoms with Crippen molar-refractivity contribution in [3.8, 4) is 5.75 Å². The number of rotatable bonds is 10. The number of hydrogen-bond acceptors (Lipinski definition) is 6. The first-order valence-corrected chi connectivity index (χ1v) is 8.63. The second-order valence-corrected chi connectivity index (χ2v) is 7.00. The average molecular weight is 366 g/mol. The maximum absolute atomic E-state index is 11.7. The number of carbonyl (C=O) groups is 1. The van der Waals surface area contributed by atoms with Crippen LogP contribution in [0.15, 0.2) is 36.4 Å². The number of esters is 1. The molecule has 0 aliphatic rings. The summed E-state index contributed by atoms with van der Waals surface area (Å²) in [5, 5.41) is 19.1. The van der Waals surface area contributed by atoms with Crippen molar-refractivity contribution in [2.45, 2.75) is 46.0 Å². The van der Waals surface area contributed by atoms with Gasteiger partial charge >= 0.3 is 5.97 Å². The van der Waals surface area contributed by atoms with Crippen molar-refractivity contribution in [3.63, 3.8) is 0 Å². The standard InChI is InChI=1S/C20H30O6/c1-20(2,3)19(23)25-12-6-5-7-18(17(22)13-21)26-14-15-8-10-16(24-4)11-9-15/h5-6,8-11,17-18,21-22H,7,12-14H2,1-4H3. The van der Waals surface area contributed by atoms with Crippen molar-refractivity contribution < 1.29 is 29.2 Å². The number of methoxy groups -OCH3 is 1. The van der Waals surface area contributed by atoms with Gasteiger partial charge in [0.25, 0.3) is 0 Å². The van der Waals surface area contributed by atoms with Gasteiger partial charge in [0, 0.05) is 0 Å². The van der Waals surface area contributed by atoms with Crippen LogP contribution in [-0.4, -0.2) is 48.7 Å². The third-order valence-corrected chi connectivity index (χ3v) is 3.70. The van der Waals surface area contributed by atoms with E-state index >= 15 is 0 Å². The molecule has 2 N–H and O–H groups in total. The molecule has 0 fully saturated rings. The summed E-state index contributed by atoms with van der Waals surface area (Å²) >= 11 is 0. The van der Waals surface area contributed by atoms with Crippen molar-refractivity contribution in [3.05, 3.63) is 42.0 Å². The van der Waals surface area contributed by atoms with E-state index in [0.717, 1.165) is 11.3 Å². The number of hydrogen-bond donors (Lipinski definition) is 2. The normalized spacial score (nSPS) is 14.2. The minimum absolute atomic E-state index is 0.163. The molecule has 0 bridgehead atoms. The molecule has 146 valence electrons. The third-order valence-electron chi connectivity index (χ3n) is 3.70. The van der Waals surface area contributed by atoms with Crippen molar-refractivity contribution in [2.24, 2.45) is 5.41 Å². The molecule has 0 aliphatic carbocycles. The molecule has 0 amide bonds. The van der Waals surface area contributed by atoms with E-state index in [1.807, 2.05) is 24.3 Å². The van der Waals surface area contributed by atoms with Gasteiger partial charge in [0.2, 0.25) is 0 Å². The zero-order chi connectivity index (χ0) is 19.6. The first-order chi connectivity index (χ1) is 12.3. The van der Waals surface area contributed by atoms with E-state index in [2.05, 4.69) is 0 Å². The van der Waals surface area contributed by atoms with Gasteiger partial charge in [-0.2, -0.15) is 0 Å². The molecule has 6 heteroatoms. The van der Waals surface area contributed by atoms with Crippen molar-refractivity contribution >= 4 is 5.97 Å². The highest BCUT2D eigenvalue weighted by Gasteiger charge is 2.22. The molecule has 0 spiro atoms. The third kappa shape index (κ3) is 7.99. The van der Waals surface area contributed by atoms with E-state index in [9.17, 15) is 15.0 Å². The molecule has 6 nitrogen and oxygen atoms in total.